The third-order valence-electron chi connectivity index (χ3n) is 3.16. The highest BCUT2D eigenvalue weighted by molar-refractivity contribution is 4.98. The van der Waals surface area contributed by atoms with Crippen LogP contribution in [0.4, 0.5) is 0 Å². The summed E-state index contributed by atoms with van der Waals surface area (Å²) in [5.41, 5.74) is -0.127. The van der Waals surface area contributed by atoms with E-state index in [2.05, 4.69) is 15.2 Å². The van der Waals surface area contributed by atoms with Gasteiger partial charge in [-0.15, -0.1) is 0 Å². The van der Waals surface area contributed by atoms with Crippen LogP contribution < -0.4 is 0 Å². The largest absolute Gasteiger partial charge is 0.368 e. The highest BCUT2D eigenvalue weighted by Gasteiger charge is 2.20. The van der Waals surface area contributed by atoms with Crippen LogP contribution in [0.5, 0.6) is 0 Å². The van der Waals surface area contributed by atoms with Gasteiger partial charge in [0.15, 0.2) is 11.6 Å². The highest BCUT2D eigenvalue weighted by Crippen LogP contribution is 2.30. The molecule has 1 fully saturated rings. The summed E-state index contributed by atoms with van der Waals surface area (Å²) in [7, 11) is 0. The zero-order valence-electron chi connectivity index (χ0n) is 11.1. The van der Waals surface area contributed by atoms with Crippen LogP contribution in [-0.2, 0) is 11.3 Å². The second kappa shape index (κ2) is 5.17. The molecule has 0 unspecified atom stereocenters. The first kappa shape index (κ1) is 12.6. The van der Waals surface area contributed by atoms with Crippen LogP contribution in [0.2, 0.25) is 0 Å². The molecule has 4 nitrogen and oxygen atoms in total. The number of hydrogen-bond acceptors (Lipinski definition) is 3. The van der Waals surface area contributed by atoms with Gasteiger partial charge in [-0.2, -0.15) is 5.10 Å². The van der Waals surface area contributed by atoms with Gasteiger partial charge >= 0.3 is 0 Å². The highest BCUT2D eigenvalue weighted by atomic mass is 16.5. The minimum Gasteiger partial charge on any atom is -0.368 e. The van der Waals surface area contributed by atoms with Crippen molar-refractivity contribution < 1.29 is 4.74 Å². The van der Waals surface area contributed by atoms with Crippen LogP contribution in [0.25, 0.3) is 0 Å². The number of hydrogen-bond donors (Lipinski definition) is 1. The molecule has 1 saturated carbocycles. The lowest BCUT2D eigenvalue weighted by Gasteiger charge is -2.18. The molecule has 0 amide bonds. The second-order valence-electron chi connectivity index (χ2n) is 5.88. The van der Waals surface area contributed by atoms with Gasteiger partial charge in [-0.25, -0.2) is 4.98 Å². The van der Waals surface area contributed by atoms with Gasteiger partial charge in [0.2, 0.25) is 0 Å². The number of ether oxygens (including phenoxy) is 1. The Labute approximate surface area is 103 Å². The molecule has 1 aliphatic rings. The van der Waals surface area contributed by atoms with Crippen LogP contribution >= 0.6 is 0 Å². The van der Waals surface area contributed by atoms with Crippen molar-refractivity contribution in [1.29, 1.82) is 0 Å². The summed E-state index contributed by atoms with van der Waals surface area (Å²) < 4.78 is 5.68. The van der Waals surface area contributed by atoms with E-state index in [4.69, 9.17) is 4.74 Å². The fourth-order valence-corrected chi connectivity index (χ4v) is 2.20. The topological polar surface area (TPSA) is 50.8 Å². The van der Waals surface area contributed by atoms with E-state index in [9.17, 15) is 0 Å². The van der Waals surface area contributed by atoms with Crippen LogP contribution in [0.3, 0.4) is 0 Å². The summed E-state index contributed by atoms with van der Waals surface area (Å²) in [6.45, 7) is 6.66. The molecule has 4 heteroatoms. The standard InChI is InChI=1S/C13H23N3O/c1-13(2,3)17-9-11-14-12(16-15-11)10-7-5-4-6-8-10/h10H,4-9H2,1-3H3,(H,14,15,16). The molecule has 1 aliphatic carbocycles. The first-order valence-electron chi connectivity index (χ1n) is 6.60. The zero-order valence-corrected chi connectivity index (χ0v) is 11.1. The molecular weight excluding hydrogens is 214 g/mol. The average Bonchev–Trinajstić information content (AvgIpc) is 2.75. The Morgan fingerprint density at radius 2 is 1.94 bits per heavy atom. The molecular formula is C13H23N3O. The van der Waals surface area contributed by atoms with Crippen molar-refractivity contribution in [3.8, 4) is 0 Å². The number of aromatic amines is 1. The second-order valence-corrected chi connectivity index (χ2v) is 5.88. The maximum atomic E-state index is 5.68. The third-order valence-corrected chi connectivity index (χ3v) is 3.16. The van der Waals surface area contributed by atoms with E-state index in [0.29, 0.717) is 12.5 Å². The normalized spacial score (nSPS) is 18.5. The summed E-state index contributed by atoms with van der Waals surface area (Å²) in [6, 6.07) is 0. The minimum absolute atomic E-state index is 0.127. The van der Waals surface area contributed by atoms with Crippen LogP contribution in [0, 0.1) is 0 Å². The number of nitrogens with zero attached hydrogens (tertiary/aromatic N) is 2. The molecule has 0 radical (unpaired) electrons. The lowest BCUT2D eigenvalue weighted by molar-refractivity contribution is -0.0180. The maximum absolute atomic E-state index is 5.68. The Bertz CT molecular complexity index is 348. The SMILES string of the molecule is CC(C)(C)OCc1nc(C2CCCCC2)n[nH]1. The first-order chi connectivity index (χ1) is 8.04. The monoisotopic (exact) mass is 237 g/mol. The molecule has 0 bridgehead atoms. The van der Waals surface area contributed by atoms with Crippen molar-refractivity contribution in [2.45, 2.75) is 71.0 Å². The van der Waals surface area contributed by atoms with E-state index < -0.39 is 0 Å². The lowest BCUT2D eigenvalue weighted by Crippen LogP contribution is -2.19. The van der Waals surface area contributed by atoms with E-state index in [1.165, 1.54) is 32.1 Å². The number of H-pyrrole nitrogens is 1. The number of rotatable bonds is 3. The van der Waals surface area contributed by atoms with Gasteiger partial charge < -0.3 is 4.74 Å². The minimum atomic E-state index is -0.127. The molecule has 2 rings (SSSR count). The van der Waals surface area contributed by atoms with Crippen LogP contribution in [-0.4, -0.2) is 20.8 Å². The van der Waals surface area contributed by atoms with Crippen molar-refractivity contribution in [1.82, 2.24) is 15.2 Å². The number of aromatic nitrogens is 3. The molecule has 96 valence electrons. The van der Waals surface area contributed by atoms with Gasteiger partial charge in [0.25, 0.3) is 0 Å². The molecule has 17 heavy (non-hydrogen) atoms. The van der Waals surface area contributed by atoms with Crippen molar-refractivity contribution in [2.24, 2.45) is 0 Å². The summed E-state index contributed by atoms with van der Waals surface area (Å²) in [5.74, 6) is 2.39. The van der Waals surface area contributed by atoms with E-state index in [1.54, 1.807) is 0 Å². The maximum Gasteiger partial charge on any atom is 0.153 e. The molecule has 1 N–H and O–H groups in total. The molecule has 0 aliphatic heterocycles. The summed E-state index contributed by atoms with van der Waals surface area (Å²) in [5, 5.41) is 7.31. The van der Waals surface area contributed by atoms with E-state index in [1.807, 2.05) is 20.8 Å². The fourth-order valence-electron chi connectivity index (χ4n) is 2.20. The van der Waals surface area contributed by atoms with E-state index >= 15 is 0 Å². The molecule has 1 aromatic heterocycles. The smallest absolute Gasteiger partial charge is 0.153 e. The first-order valence-corrected chi connectivity index (χ1v) is 6.60. The summed E-state index contributed by atoms with van der Waals surface area (Å²) >= 11 is 0. The number of nitrogens with one attached hydrogen (secondary N) is 1. The van der Waals surface area contributed by atoms with E-state index in [0.717, 1.165) is 11.6 Å². The Kier molecular flexibility index (Phi) is 3.82. The van der Waals surface area contributed by atoms with Crippen molar-refractivity contribution in [2.75, 3.05) is 0 Å². The quantitative estimate of drug-likeness (QED) is 0.878. The van der Waals surface area contributed by atoms with Crippen molar-refractivity contribution in [3.05, 3.63) is 11.6 Å². The molecule has 0 spiro atoms. The molecule has 0 saturated heterocycles. The van der Waals surface area contributed by atoms with Gasteiger partial charge in [-0.3, -0.25) is 5.10 Å². The lowest BCUT2D eigenvalue weighted by atomic mass is 9.89. The predicted octanol–water partition coefficient (Wildman–Crippen LogP) is 3.17. The van der Waals surface area contributed by atoms with Gasteiger partial charge in [0.05, 0.1) is 5.60 Å². The average molecular weight is 237 g/mol. The molecule has 0 aromatic carbocycles. The van der Waals surface area contributed by atoms with Gasteiger partial charge in [-0.1, -0.05) is 19.3 Å². The van der Waals surface area contributed by atoms with E-state index in [-0.39, 0.29) is 5.60 Å². The predicted molar refractivity (Wildman–Crippen MR) is 66.8 cm³/mol. The summed E-state index contributed by atoms with van der Waals surface area (Å²) in [4.78, 5) is 4.55. The Morgan fingerprint density at radius 3 is 2.59 bits per heavy atom. The van der Waals surface area contributed by atoms with Gasteiger partial charge in [0.1, 0.15) is 6.61 Å². The molecule has 1 aromatic rings. The van der Waals surface area contributed by atoms with Crippen molar-refractivity contribution in [3.63, 3.8) is 0 Å². The Balaban J connectivity index is 1.91. The molecule has 1 heterocycles. The van der Waals surface area contributed by atoms with Crippen molar-refractivity contribution >= 4 is 0 Å². The molecule has 0 atom stereocenters. The van der Waals surface area contributed by atoms with Gasteiger partial charge in [0, 0.05) is 5.92 Å². The Hall–Kier alpha value is -0.900. The fraction of sp³-hybridized carbons (Fsp3) is 0.846. The summed E-state index contributed by atoms with van der Waals surface area (Å²) in [6.07, 6.45) is 6.45. The van der Waals surface area contributed by atoms with Gasteiger partial charge in [-0.05, 0) is 33.6 Å². The van der Waals surface area contributed by atoms with Crippen LogP contribution in [0.15, 0.2) is 0 Å². The zero-order chi connectivity index (χ0) is 12.3. The Morgan fingerprint density at radius 1 is 1.24 bits per heavy atom. The third kappa shape index (κ3) is 3.80. The van der Waals surface area contributed by atoms with Crippen LogP contribution in [0.1, 0.15) is 70.4 Å².